The van der Waals surface area contributed by atoms with Crippen molar-refractivity contribution in [2.24, 2.45) is 0 Å². The molecule has 0 saturated heterocycles. The van der Waals surface area contributed by atoms with Crippen molar-refractivity contribution in [2.45, 2.75) is 0 Å². The second-order valence-corrected chi connectivity index (χ2v) is 1.69. The molecule has 0 fully saturated rings. The van der Waals surface area contributed by atoms with Gasteiger partial charge in [0.2, 0.25) is 0 Å². The first-order chi connectivity index (χ1) is 3.46. The minimum absolute atomic E-state index is 2.17. The Labute approximate surface area is 54.2 Å². The van der Waals surface area contributed by atoms with Crippen LogP contribution < -0.4 is 27.9 Å². The lowest BCUT2D eigenvalue weighted by molar-refractivity contribution is -1.63. The van der Waals surface area contributed by atoms with Gasteiger partial charge in [0, 0.05) is 0 Å². The summed E-state index contributed by atoms with van der Waals surface area (Å²) >= 11 is -3.76. The van der Waals surface area contributed by atoms with E-state index < -0.39 is 28.4 Å². The molecule has 8 heavy (non-hydrogen) atoms. The van der Waals surface area contributed by atoms with Gasteiger partial charge in [0.1, 0.15) is 0 Å². The summed E-state index contributed by atoms with van der Waals surface area (Å²) in [6.07, 6.45) is 0. The highest BCUT2D eigenvalue weighted by atomic mass is 127. The van der Waals surface area contributed by atoms with Gasteiger partial charge in [-0.15, -0.1) is 0 Å². The van der Waals surface area contributed by atoms with Crippen LogP contribution in [-0.2, 0) is 0 Å². The first kappa shape index (κ1) is 11.4. The largest absolute Gasteiger partial charge is 0.631 e. The maximum Gasteiger partial charge on any atom is 0.631 e. The van der Waals surface area contributed by atoms with Crippen molar-refractivity contribution in [3.05, 3.63) is 0 Å². The number of halogens is 1. The summed E-state index contributed by atoms with van der Waals surface area (Å²) in [4.78, 5) is 0. The van der Waals surface area contributed by atoms with Crippen LogP contribution in [0.3, 0.4) is 0 Å². The average Bonchev–Trinajstić information content (AvgIpc) is 1.25. The predicted molar refractivity (Wildman–Crippen MR) is 14.6 cm³/mol. The smallest absolute Gasteiger partial charge is 0.402 e. The van der Waals surface area contributed by atoms with Gasteiger partial charge in [-0.05, 0) is 3.44 Å². The fourth-order valence-corrected chi connectivity index (χ4v) is 0. The molecule has 0 aliphatic rings. The second-order valence-electron chi connectivity index (χ2n) is 0.547. The molecule has 0 saturated carbocycles. The van der Waals surface area contributed by atoms with E-state index in [9.17, 15) is 0 Å². The third kappa shape index (κ3) is 657. The summed E-state index contributed by atoms with van der Waals surface area (Å²) in [5.41, 5.74) is 0. The van der Waals surface area contributed by atoms with Gasteiger partial charge in [-0.25, -0.2) is 0 Å². The Morgan fingerprint density at radius 1 is 1.12 bits per heavy atom. The molecule has 6 nitrogen and oxygen atoms in total. The highest BCUT2D eigenvalue weighted by Crippen LogP contribution is 1.40. The molecule has 0 aromatic heterocycles. The van der Waals surface area contributed by atoms with Crippen molar-refractivity contribution in [1.82, 2.24) is 0 Å². The van der Waals surface area contributed by atoms with Gasteiger partial charge in [0.05, 0.1) is 0 Å². The fourth-order valence-electron chi connectivity index (χ4n) is 0. The van der Waals surface area contributed by atoms with Crippen molar-refractivity contribution >= 4 is 7.32 Å². The standard InChI is InChI=1S/BH3O3.HIO3/c2*2-1(3)4/h2-4H;2H. The van der Waals surface area contributed by atoms with Crippen LogP contribution in [0.1, 0.15) is 0 Å². The molecule has 0 radical (unpaired) electrons. The van der Waals surface area contributed by atoms with Crippen LogP contribution in [0.15, 0.2) is 0 Å². The van der Waals surface area contributed by atoms with E-state index in [0.717, 1.165) is 0 Å². The zero-order valence-electron chi connectivity index (χ0n) is 3.56. The number of hydrogen-bond acceptors (Lipinski definition) is 6. The van der Waals surface area contributed by atoms with Crippen LogP contribution >= 0.6 is 0 Å². The minimum atomic E-state index is -3.76. The van der Waals surface area contributed by atoms with E-state index in [1.165, 1.54) is 0 Å². The molecule has 0 spiro atoms. The predicted octanol–water partition coefficient (Wildman–Crippen LogP) is -7.98. The van der Waals surface area contributed by atoms with Gasteiger partial charge >= 0.3 is 28.4 Å². The third-order valence-electron chi connectivity index (χ3n) is 0. The van der Waals surface area contributed by atoms with E-state index in [4.69, 9.17) is 25.4 Å². The normalized spacial score (nSPS) is 7.88. The molecule has 0 atom stereocenters. The molecular weight excluding hydrogens is 234 g/mol. The Morgan fingerprint density at radius 3 is 1.12 bits per heavy atom. The molecule has 0 aliphatic heterocycles. The highest BCUT2D eigenvalue weighted by Gasteiger charge is 1.92. The molecule has 0 unspecified atom stereocenters. The van der Waals surface area contributed by atoms with Gasteiger partial charge in [0.15, 0.2) is 0 Å². The lowest BCUT2D eigenvalue weighted by Gasteiger charge is -1.69. The maximum absolute atomic E-state index is 8.68. The summed E-state index contributed by atoms with van der Waals surface area (Å²) in [6, 6.07) is 0. The van der Waals surface area contributed by atoms with E-state index >= 15 is 0 Å². The molecule has 0 rings (SSSR count). The van der Waals surface area contributed by atoms with Crippen molar-refractivity contribution in [1.29, 1.82) is 0 Å². The van der Waals surface area contributed by atoms with E-state index in [2.05, 4.69) is 0 Å². The van der Waals surface area contributed by atoms with E-state index in [-0.39, 0.29) is 0 Å². The lowest BCUT2D eigenvalue weighted by atomic mass is 10.3. The minimum Gasteiger partial charge on any atom is -0.402 e. The van der Waals surface area contributed by atoms with Crippen LogP contribution in [0, 0.1) is 0 Å². The van der Waals surface area contributed by atoms with Gasteiger partial charge in [0.25, 0.3) is 0 Å². The van der Waals surface area contributed by atoms with Crippen molar-refractivity contribution in [2.75, 3.05) is 0 Å². The monoisotopic (exact) mass is 238 g/mol. The van der Waals surface area contributed by atoms with Crippen molar-refractivity contribution in [3.8, 4) is 0 Å². The fraction of sp³-hybridized carbons (Fsp3) is 0. The Bertz CT molecular complexity index is 24.0. The number of rotatable bonds is 0. The quantitative estimate of drug-likeness (QED) is 0.245. The number of hydrogen-bond donors (Lipinski definition) is 4. The third-order valence-corrected chi connectivity index (χ3v) is 0. The zero-order valence-corrected chi connectivity index (χ0v) is 5.72. The van der Waals surface area contributed by atoms with Crippen LogP contribution in [0.25, 0.3) is 0 Å². The second kappa shape index (κ2) is 7.55. The van der Waals surface area contributed by atoms with Crippen molar-refractivity contribution < 1.29 is 46.4 Å². The van der Waals surface area contributed by atoms with Crippen LogP contribution in [0.4, 0.5) is 0 Å². The first-order valence-electron chi connectivity index (χ1n) is 1.25. The van der Waals surface area contributed by atoms with Crippen LogP contribution in [-0.4, -0.2) is 25.8 Å². The summed E-state index contributed by atoms with van der Waals surface area (Å²) in [5.74, 6) is 0. The molecule has 0 bridgehead atoms. The van der Waals surface area contributed by atoms with Gasteiger partial charge in [-0.3, -0.25) is 0 Å². The van der Waals surface area contributed by atoms with Crippen molar-refractivity contribution in [3.63, 3.8) is 0 Å². The molecule has 4 N–H and O–H groups in total. The van der Waals surface area contributed by atoms with Crippen LogP contribution in [0.2, 0.25) is 0 Å². The van der Waals surface area contributed by atoms with Crippen LogP contribution in [0.5, 0.6) is 0 Å². The Balaban J connectivity index is 0. The Morgan fingerprint density at radius 2 is 1.12 bits per heavy atom. The lowest BCUT2D eigenvalue weighted by Crippen LogP contribution is -3.98. The summed E-state index contributed by atoms with van der Waals surface area (Å²) in [5, 5.41) is 21.5. The van der Waals surface area contributed by atoms with Gasteiger partial charge < -0.3 is 21.9 Å². The molecule has 0 aliphatic carbocycles. The summed E-state index contributed by atoms with van der Waals surface area (Å²) < 4.78 is 24.5. The highest BCUT2D eigenvalue weighted by molar-refractivity contribution is 6.30. The van der Waals surface area contributed by atoms with E-state index in [1.54, 1.807) is 0 Å². The zero-order chi connectivity index (χ0) is 7.15. The molecule has 0 heterocycles. The average molecular weight is 238 g/mol. The van der Waals surface area contributed by atoms with Gasteiger partial charge in [-0.1, -0.05) is 0 Å². The van der Waals surface area contributed by atoms with Gasteiger partial charge in [-0.2, -0.15) is 0 Å². The van der Waals surface area contributed by atoms with E-state index in [1.807, 2.05) is 0 Å². The molecule has 0 aromatic rings. The Kier molecular flexibility index (Phi) is 10.7. The maximum atomic E-state index is 8.68. The SMILES string of the molecule is OB(O)O.[O-][I+2]([O-])O. The summed E-state index contributed by atoms with van der Waals surface area (Å²) in [7, 11) is -2.17. The Hall–Kier alpha value is 0.555. The molecule has 50 valence electrons. The topological polar surface area (TPSA) is 127 Å². The molecule has 0 aromatic carbocycles. The molecule has 0 amide bonds. The summed E-state index contributed by atoms with van der Waals surface area (Å²) in [6.45, 7) is 0. The van der Waals surface area contributed by atoms with E-state index in [0.29, 0.717) is 0 Å². The first-order valence-corrected chi connectivity index (χ1v) is 3.98. The molecule has 8 heteroatoms. The molecular formula is H4BIO6.